The van der Waals surface area contributed by atoms with Gasteiger partial charge in [-0.3, -0.25) is 4.79 Å². The lowest BCUT2D eigenvalue weighted by atomic mass is 10.2. The van der Waals surface area contributed by atoms with Crippen LogP contribution < -0.4 is 5.32 Å². The summed E-state index contributed by atoms with van der Waals surface area (Å²) in [7, 11) is 0. The van der Waals surface area contributed by atoms with E-state index in [-0.39, 0.29) is 18.2 Å². The van der Waals surface area contributed by atoms with E-state index >= 15 is 0 Å². The zero-order chi connectivity index (χ0) is 15.2. The lowest BCUT2D eigenvalue weighted by molar-refractivity contribution is -0.139. The molecule has 1 rings (SSSR count). The van der Waals surface area contributed by atoms with Crippen LogP contribution in [0.4, 0.5) is 13.2 Å². The van der Waals surface area contributed by atoms with E-state index in [2.05, 4.69) is 4.74 Å². The molecule has 1 aromatic rings. The van der Waals surface area contributed by atoms with E-state index in [4.69, 9.17) is 0 Å². The van der Waals surface area contributed by atoms with Crippen LogP contribution in [-0.4, -0.2) is 24.7 Å². The molecule has 0 aromatic heterocycles. The fraction of sp³-hybridized carbons (Fsp3) is 0.231. The second-order valence-corrected chi connectivity index (χ2v) is 3.64. The number of allylic oxidation sites excluding steroid dienone is 1. The zero-order valence-electron chi connectivity index (χ0n) is 10.5. The Labute approximate surface area is 113 Å². The van der Waals surface area contributed by atoms with Gasteiger partial charge in [-0.25, -0.2) is 4.79 Å². The molecule has 0 saturated heterocycles. The minimum atomic E-state index is -4.74. The maximum atomic E-state index is 12.3. The number of rotatable bonds is 4. The lowest BCUT2D eigenvalue weighted by Crippen LogP contribution is -2.30. The van der Waals surface area contributed by atoms with Crippen LogP contribution in [0.2, 0.25) is 0 Å². The Morgan fingerprint density at radius 1 is 1.25 bits per heavy atom. The van der Waals surface area contributed by atoms with Crippen molar-refractivity contribution in [1.29, 1.82) is 0 Å². The number of esters is 1. The maximum Gasteiger partial charge on any atom is 0.412 e. The van der Waals surface area contributed by atoms with Gasteiger partial charge in [0.15, 0.2) is 0 Å². The van der Waals surface area contributed by atoms with E-state index in [0.717, 1.165) is 0 Å². The van der Waals surface area contributed by atoms with Crippen molar-refractivity contribution in [1.82, 2.24) is 5.32 Å². The monoisotopic (exact) mass is 287 g/mol. The number of alkyl halides is 3. The highest BCUT2D eigenvalue weighted by Gasteiger charge is 2.28. The number of amides is 1. The molecule has 4 nitrogen and oxygen atoms in total. The number of carbonyl (C=O) groups is 2. The summed E-state index contributed by atoms with van der Waals surface area (Å²) in [5, 5.41) is 1.90. The number of nitrogens with one attached hydrogen (secondary N) is 1. The van der Waals surface area contributed by atoms with Gasteiger partial charge in [0.25, 0.3) is 5.91 Å². The van der Waals surface area contributed by atoms with Crippen molar-refractivity contribution in [3.63, 3.8) is 0 Å². The van der Waals surface area contributed by atoms with Crippen LogP contribution >= 0.6 is 0 Å². The van der Waals surface area contributed by atoms with E-state index in [0.29, 0.717) is 0 Å². The predicted molar refractivity (Wildman–Crippen MR) is 64.7 cm³/mol. The molecular weight excluding hydrogens is 275 g/mol. The molecule has 7 heteroatoms. The number of halogens is 3. The van der Waals surface area contributed by atoms with Crippen molar-refractivity contribution < 1.29 is 27.5 Å². The zero-order valence-corrected chi connectivity index (χ0v) is 10.5. The fourth-order valence-corrected chi connectivity index (χ4v) is 1.30. The van der Waals surface area contributed by atoms with Gasteiger partial charge in [0.1, 0.15) is 5.70 Å². The second-order valence-electron chi connectivity index (χ2n) is 3.64. The van der Waals surface area contributed by atoms with Gasteiger partial charge in [-0.2, -0.15) is 13.2 Å². The van der Waals surface area contributed by atoms with Gasteiger partial charge >= 0.3 is 12.1 Å². The molecule has 0 aliphatic rings. The minimum absolute atomic E-state index is 0.102. The van der Waals surface area contributed by atoms with Crippen LogP contribution in [0, 0.1) is 0 Å². The highest BCUT2D eigenvalue weighted by molar-refractivity contribution is 6.01. The first-order valence-electron chi connectivity index (χ1n) is 5.66. The largest absolute Gasteiger partial charge is 0.461 e. The van der Waals surface area contributed by atoms with E-state index in [1.165, 1.54) is 19.1 Å². The van der Waals surface area contributed by atoms with Gasteiger partial charge in [-0.05, 0) is 19.1 Å². The van der Waals surface area contributed by atoms with Gasteiger partial charge in [0, 0.05) is 5.56 Å². The molecule has 20 heavy (non-hydrogen) atoms. The summed E-state index contributed by atoms with van der Waals surface area (Å²) in [4.78, 5) is 23.1. The number of carbonyl (C=O) groups excluding carboxylic acids is 2. The van der Waals surface area contributed by atoms with Crippen molar-refractivity contribution >= 4 is 11.9 Å². The predicted octanol–water partition coefficient (Wildman–Crippen LogP) is 2.43. The Kier molecular flexibility index (Phi) is 5.31. The molecule has 0 heterocycles. The Morgan fingerprint density at radius 2 is 1.85 bits per heavy atom. The molecule has 0 bridgehead atoms. The quantitative estimate of drug-likeness (QED) is 0.683. The molecule has 1 amide bonds. The number of hydrogen-bond donors (Lipinski definition) is 1. The van der Waals surface area contributed by atoms with E-state index in [1.54, 1.807) is 18.2 Å². The molecule has 1 aromatic carbocycles. The first-order valence-corrected chi connectivity index (χ1v) is 5.66. The summed E-state index contributed by atoms with van der Waals surface area (Å²) in [6, 6.07) is 7.56. The summed E-state index contributed by atoms with van der Waals surface area (Å²) in [5.41, 5.74) is -0.821. The maximum absolute atomic E-state index is 12.3. The fourth-order valence-electron chi connectivity index (χ4n) is 1.30. The van der Waals surface area contributed by atoms with Crippen molar-refractivity contribution in [3.8, 4) is 0 Å². The molecule has 0 fully saturated rings. The first kappa shape index (κ1) is 15.7. The first-order chi connectivity index (χ1) is 9.33. The third-order valence-corrected chi connectivity index (χ3v) is 2.09. The summed E-state index contributed by atoms with van der Waals surface area (Å²) >= 11 is 0. The smallest absolute Gasteiger partial charge is 0.412 e. The summed E-state index contributed by atoms with van der Waals surface area (Å²) < 4.78 is 41.4. The Balaban J connectivity index is 2.93. The van der Waals surface area contributed by atoms with Crippen molar-refractivity contribution in [3.05, 3.63) is 47.7 Å². The van der Waals surface area contributed by atoms with Gasteiger partial charge < -0.3 is 10.1 Å². The molecule has 0 unspecified atom stereocenters. The average molecular weight is 287 g/mol. The normalized spacial score (nSPS) is 11.9. The lowest BCUT2D eigenvalue weighted by Gasteiger charge is -2.10. The number of hydrogen-bond acceptors (Lipinski definition) is 3. The van der Waals surface area contributed by atoms with Gasteiger partial charge in [-0.1, -0.05) is 18.2 Å². The van der Waals surface area contributed by atoms with Crippen LogP contribution in [0.25, 0.3) is 0 Å². The third-order valence-electron chi connectivity index (χ3n) is 2.09. The molecule has 108 valence electrons. The molecule has 0 aliphatic carbocycles. The highest BCUT2D eigenvalue weighted by Crippen LogP contribution is 2.18. The van der Waals surface area contributed by atoms with Crippen LogP contribution in [0.5, 0.6) is 0 Å². The Morgan fingerprint density at radius 3 is 2.35 bits per heavy atom. The third kappa shape index (κ3) is 5.13. The molecular formula is C13H12F3NO3. The standard InChI is InChI=1S/C13H12F3NO3/c1-2-20-12(19)10(8-13(14,15)16)17-11(18)9-6-4-3-5-7-9/h3-8H,2H2,1H3,(H,17,18). The number of benzene rings is 1. The Hall–Kier alpha value is -2.31. The number of ether oxygens (including phenoxy) is 1. The second kappa shape index (κ2) is 6.74. The average Bonchev–Trinajstić information content (AvgIpc) is 2.37. The van der Waals surface area contributed by atoms with Gasteiger partial charge in [-0.15, -0.1) is 0 Å². The molecule has 0 atom stereocenters. The molecule has 1 N–H and O–H groups in total. The minimum Gasteiger partial charge on any atom is -0.461 e. The summed E-state index contributed by atoms with van der Waals surface area (Å²) in [6.07, 6.45) is -5.04. The van der Waals surface area contributed by atoms with Crippen LogP contribution in [0.1, 0.15) is 17.3 Å². The van der Waals surface area contributed by atoms with E-state index < -0.39 is 23.7 Å². The molecule has 0 spiro atoms. The van der Waals surface area contributed by atoms with Crippen LogP contribution in [-0.2, 0) is 9.53 Å². The Bertz CT molecular complexity index is 509. The molecule has 0 aliphatic heterocycles. The summed E-state index contributed by atoms with van der Waals surface area (Å²) in [5.74, 6) is -2.07. The van der Waals surface area contributed by atoms with E-state index in [9.17, 15) is 22.8 Å². The molecule has 0 radical (unpaired) electrons. The SMILES string of the molecule is CCOC(=O)C(=CC(F)(F)F)NC(=O)c1ccccc1. The van der Waals surface area contributed by atoms with Crippen LogP contribution in [0.3, 0.4) is 0 Å². The van der Waals surface area contributed by atoms with E-state index in [1.807, 2.05) is 5.32 Å². The molecule has 0 saturated carbocycles. The van der Waals surface area contributed by atoms with Crippen LogP contribution in [0.15, 0.2) is 42.1 Å². The van der Waals surface area contributed by atoms with Crippen molar-refractivity contribution in [2.24, 2.45) is 0 Å². The van der Waals surface area contributed by atoms with Gasteiger partial charge in [0.05, 0.1) is 12.7 Å². The van der Waals surface area contributed by atoms with Gasteiger partial charge in [0.2, 0.25) is 0 Å². The highest BCUT2D eigenvalue weighted by atomic mass is 19.4. The summed E-state index contributed by atoms with van der Waals surface area (Å²) in [6.45, 7) is 1.34. The topological polar surface area (TPSA) is 55.4 Å². The van der Waals surface area contributed by atoms with Crippen molar-refractivity contribution in [2.45, 2.75) is 13.1 Å². The van der Waals surface area contributed by atoms with Crippen molar-refractivity contribution in [2.75, 3.05) is 6.61 Å².